The number of rotatable bonds is 7. The number of benzene rings is 1. The highest BCUT2D eigenvalue weighted by Crippen LogP contribution is 2.31. The lowest BCUT2D eigenvalue weighted by Gasteiger charge is -2.25. The van der Waals surface area contributed by atoms with Crippen LogP contribution in [0.15, 0.2) is 24.3 Å². The van der Waals surface area contributed by atoms with Gasteiger partial charge in [-0.3, -0.25) is 0 Å². The van der Waals surface area contributed by atoms with Gasteiger partial charge in [-0.2, -0.15) is 0 Å². The summed E-state index contributed by atoms with van der Waals surface area (Å²) in [4.78, 5) is 0. The molecule has 0 aromatic heterocycles. The van der Waals surface area contributed by atoms with Crippen LogP contribution in [0.1, 0.15) is 57.4 Å². The van der Waals surface area contributed by atoms with E-state index in [1.165, 1.54) is 50.5 Å². The van der Waals surface area contributed by atoms with E-state index < -0.39 is 0 Å². The standard InChI is InChI=1S/C20H28O/c1-3-5-16-21-20-14-12-19(13-15-20)11-10-18-8-6-17(4-2)7-9-18/h2,12-15,17-18H,3,5-11,16H2,1H3/t17-,18-. The molecule has 1 fully saturated rings. The number of hydrogen-bond acceptors (Lipinski definition) is 1. The molecule has 1 saturated carbocycles. The van der Waals surface area contributed by atoms with Crippen LogP contribution in [0.4, 0.5) is 0 Å². The molecule has 0 amide bonds. The molecule has 114 valence electrons. The van der Waals surface area contributed by atoms with Crippen molar-refractivity contribution >= 4 is 0 Å². The van der Waals surface area contributed by atoms with Crippen molar-refractivity contribution in [2.75, 3.05) is 6.61 Å². The van der Waals surface area contributed by atoms with Crippen LogP contribution in [0.2, 0.25) is 0 Å². The fourth-order valence-electron chi connectivity index (χ4n) is 3.08. The molecule has 21 heavy (non-hydrogen) atoms. The van der Waals surface area contributed by atoms with Gasteiger partial charge in [-0.1, -0.05) is 25.5 Å². The Hall–Kier alpha value is -1.42. The summed E-state index contributed by atoms with van der Waals surface area (Å²) >= 11 is 0. The zero-order valence-corrected chi connectivity index (χ0v) is 13.3. The minimum absolute atomic E-state index is 0.542. The van der Waals surface area contributed by atoms with E-state index in [1.807, 2.05) is 0 Å². The second kappa shape index (κ2) is 8.78. The van der Waals surface area contributed by atoms with Gasteiger partial charge in [-0.25, -0.2) is 0 Å². The predicted octanol–water partition coefficient (Wildman–Crippen LogP) is 5.24. The van der Waals surface area contributed by atoms with Crippen LogP contribution in [-0.2, 0) is 6.42 Å². The molecule has 0 heterocycles. The Morgan fingerprint density at radius 2 is 1.86 bits per heavy atom. The second-order valence-electron chi connectivity index (χ2n) is 6.27. The maximum absolute atomic E-state index is 5.70. The van der Waals surface area contributed by atoms with Gasteiger partial charge in [0, 0.05) is 5.92 Å². The molecule has 0 spiro atoms. The Kier molecular flexibility index (Phi) is 6.67. The van der Waals surface area contributed by atoms with E-state index in [1.54, 1.807) is 0 Å². The van der Waals surface area contributed by atoms with Crippen LogP contribution in [0.3, 0.4) is 0 Å². The molecule has 1 aliphatic rings. The van der Waals surface area contributed by atoms with E-state index in [-0.39, 0.29) is 0 Å². The summed E-state index contributed by atoms with van der Waals surface area (Å²) in [5.74, 6) is 5.33. The monoisotopic (exact) mass is 284 g/mol. The Labute approximate surface area is 130 Å². The first-order valence-electron chi connectivity index (χ1n) is 8.49. The molecule has 0 aliphatic heterocycles. The average Bonchev–Trinajstić information content (AvgIpc) is 2.55. The van der Waals surface area contributed by atoms with Crippen molar-refractivity contribution in [3.8, 4) is 18.1 Å². The van der Waals surface area contributed by atoms with Crippen LogP contribution < -0.4 is 4.74 Å². The van der Waals surface area contributed by atoms with Crippen molar-refractivity contribution in [3.05, 3.63) is 29.8 Å². The molecule has 1 aromatic carbocycles. The first-order chi connectivity index (χ1) is 10.3. The summed E-state index contributed by atoms with van der Waals surface area (Å²) in [5, 5.41) is 0. The van der Waals surface area contributed by atoms with E-state index in [0.29, 0.717) is 5.92 Å². The maximum atomic E-state index is 5.70. The van der Waals surface area contributed by atoms with Crippen molar-refractivity contribution < 1.29 is 4.74 Å². The average molecular weight is 284 g/mol. The van der Waals surface area contributed by atoms with Gasteiger partial charge in [-0.05, 0) is 68.6 Å². The highest BCUT2D eigenvalue weighted by Gasteiger charge is 2.19. The zero-order valence-electron chi connectivity index (χ0n) is 13.3. The molecule has 1 nitrogen and oxygen atoms in total. The lowest BCUT2D eigenvalue weighted by atomic mass is 9.80. The molecule has 0 N–H and O–H groups in total. The first-order valence-corrected chi connectivity index (χ1v) is 8.49. The summed E-state index contributed by atoms with van der Waals surface area (Å²) in [6.07, 6.45) is 15.4. The number of unbranched alkanes of at least 4 members (excludes halogenated alkanes) is 1. The lowest BCUT2D eigenvalue weighted by molar-refractivity contribution is 0.301. The fraction of sp³-hybridized carbons (Fsp3) is 0.600. The number of hydrogen-bond donors (Lipinski definition) is 0. The summed E-state index contributed by atoms with van der Waals surface area (Å²) < 4.78 is 5.70. The summed E-state index contributed by atoms with van der Waals surface area (Å²) in [6.45, 7) is 3.01. The summed E-state index contributed by atoms with van der Waals surface area (Å²) in [6, 6.07) is 8.66. The first kappa shape index (κ1) is 16.0. The minimum atomic E-state index is 0.542. The van der Waals surface area contributed by atoms with E-state index >= 15 is 0 Å². The fourth-order valence-corrected chi connectivity index (χ4v) is 3.08. The van der Waals surface area contributed by atoms with Gasteiger partial charge in [0.2, 0.25) is 0 Å². The number of ether oxygens (including phenoxy) is 1. The van der Waals surface area contributed by atoms with Crippen LogP contribution in [-0.4, -0.2) is 6.61 Å². The van der Waals surface area contributed by atoms with Gasteiger partial charge < -0.3 is 4.74 Å². The van der Waals surface area contributed by atoms with Crippen molar-refractivity contribution in [2.45, 2.75) is 58.3 Å². The van der Waals surface area contributed by atoms with Crippen molar-refractivity contribution in [2.24, 2.45) is 11.8 Å². The Morgan fingerprint density at radius 1 is 1.14 bits per heavy atom. The highest BCUT2D eigenvalue weighted by atomic mass is 16.5. The third-order valence-electron chi connectivity index (χ3n) is 4.61. The third-order valence-corrected chi connectivity index (χ3v) is 4.61. The summed E-state index contributed by atoms with van der Waals surface area (Å²) in [7, 11) is 0. The SMILES string of the molecule is C#C[C@H]1CC[C@H](CCc2ccc(OCCCC)cc2)CC1. The van der Waals surface area contributed by atoms with Gasteiger partial charge in [0.05, 0.1) is 6.61 Å². The van der Waals surface area contributed by atoms with Gasteiger partial charge in [0.1, 0.15) is 5.75 Å². The Bertz CT molecular complexity index is 432. The molecule has 1 heteroatoms. The highest BCUT2D eigenvalue weighted by molar-refractivity contribution is 5.27. The van der Waals surface area contributed by atoms with Gasteiger partial charge in [0.15, 0.2) is 0 Å². The molecule has 0 unspecified atom stereocenters. The molecule has 0 radical (unpaired) electrons. The van der Waals surface area contributed by atoms with Gasteiger partial charge in [0.25, 0.3) is 0 Å². The molecule has 0 bridgehead atoms. The molecule has 1 aliphatic carbocycles. The van der Waals surface area contributed by atoms with E-state index in [0.717, 1.165) is 24.7 Å². The Morgan fingerprint density at radius 3 is 2.48 bits per heavy atom. The van der Waals surface area contributed by atoms with Crippen LogP contribution in [0.25, 0.3) is 0 Å². The molecule has 0 atom stereocenters. The van der Waals surface area contributed by atoms with E-state index in [4.69, 9.17) is 11.2 Å². The topological polar surface area (TPSA) is 9.23 Å². The molecular formula is C20H28O. The quantitative estimate of drug-likeness (QED) is 0.491. The molecular weight excluding hydrogens is 256 g/mol. The van der Waals surface area contributed by atoms with Crippen LogP contribution in [0, 0.1) is 24.2 Å². The molecule has 1 aromatic rings. The van der Waals surface area contributed by atoms with Crippen molar-refractivity contribution in [1.29, 1.82) is 0 Å². The van der Waals surface area contributed by atoms with Crippen LogP contribution >= 0.6 is 0 Å². The predicted molar refractivity (Wildman–Crippen MR) is 89.4 cm³/mol. The largest absolute Gasteiger partial charge is 0.494 e. The van der Waals surface area contributed by atoms with Crippen molar-refractivity contribution in [1.82, 2.24) is 0 Å². The lowest BCUT2D eigenvalue weighted by Crippen LogP contribution is -2.13. The van der Waals surface area contributed by atoms with Crippen molar-refractivity contribution in [3.63, 3.8) is 0 Å². The van der Waals surface area contributed by atoms with Gasteiger partial charge >= 0.3 is 0 Å². The minimum Gasteiger partial charge on any atom is -0.494 e. The van der Waals surface area contributed by atoms with E-state index in [9.17, 15) is 0 Å². The maximum Gasteiger partial charge on any atom is 0.119 e. The Balaban J connectivity index is 1.70. The van der Waals surface area contributed by atoms with E-state index in [2.05, 4.69) is 37.1 Å². The third kappa shape index (κ3) is 5.46. The van der Waals surface area contributed by atoms with Crippen LogP contribution in [0.5, 0.6) is 5.75 Å². The normalized spacial score (nSPS) is 21.7. The number of aryl methyl sites for hydroxylation is 1. The smallest absolute Gasteiger partial charge is 0.119 e. The molecule has 2 rings (SSSR count). The van der Waals surface area contributed by atoms with Gasteiger partial charge in [-0.15, -0.1) is 12.3 Å². The second-order valence-corrected chi connectivity index (χ2v) is 6.27. The summed E-state index contributed by atoms with van der Waals surface area (Å²) in [5.41, 5.74) is 1.43. The molecule has 0 saturated heterocycles. The number of terminal acetylenes is 1. The zero-order chi connectivity index (χ0) is 14.9.